The molecule has 1 atom stereocenters. The predicted molar refractivity (Wildman–Crippen MR) is 70.2 cm³/mol. The SMILES string of the molecule is Cl.O=C1N[C@H](c2ccc(Br)c([N+](=O)[O-])c2)C(F)(F)CO1. The summed E-state index contributed by atoms with van der Waals surface area (Å²) in [6.07, 6.45) is -0.985. The molecular formula is C10H8BrClF2N2O4. The first-order valence-electron chi connectivity index (χ1n) is 5.06. The maximum atomic E-state index is 13.6. The molecule has 110 valence electrons. The van der Waals surface area contributed by atoms with Crippen molar-refractivity contribution in [1.82, 2.24) is 5.32 Å². The van der Waals surface area contributed by atoms with Gasteiger partial charge in [-0.1, -0.05) is 6.07 Å². The molecule has 0 unspecified atom stereocenters. The van der Waals surface area contributed by atoms with Gasteiger partial charge in [-0.3, -0.25) is 10.1 Å². The number of ether oxygens (including phenoxy) is 1. The molecule has 1 amide bonds. The molecule has 20 heavy (non-hydrogen) atoms. The largest absolute Gasteiger partial charge is 0.443 e. The van der Waals surface area contributed by atoms with Crippen molar-refractivity contribution in [2.45, 2.75) is 12.0 Å². The molecule has 2 rings (SSSR count). The number of alkyl carbamates (subject to hydrolysis) is 1. The van der Waals surface area contributed by atoms with Gasteiger partial charge in [-0.15, -0.1) is 12.4 Å². The summed E-state index contributed by atoms with van der Waals surface area (Å²) in [6, 6.07) is 1.90. The van der Waals surface area contributed by atoms with Gasteiger partial charge < -0.3 is 10.1 Å². The molecule has 0 aliphatic carbocycles. The van der Waals surface area contributed by atoms with Gasteiger partial charge in [0.1, 0.15) is 6.04 Å². The van der Waals surface area contributed by atoms with Gasteiger partial charge >= 0.3 is 12.0 Å². The van der Waals surface area contributed by atoms with Crippen molar-refractivity contribution >= 4 is 40.1 Å². The van der Waals surface area contributed by atoms with Crippen LogP contribution in [0.2, 0.25) is 0 Å². The number of nitro groups is 1. The summed E-state index contributed by atoms with van der Waals surface area (Å²) < 4.78 is 31.7. The molecule has 1 fully saturated rings. The molecule has 0 saturated carbocycles. The number of alkyl halides is 2. The Morgan fingerprint density at radius 2 is 2.15 bits per heavy atom. The Labute approximate surface area is 126 Å². The second-order valence-electron chi connectivity index (χ2n) is 3.88. The van der Waals surface area contributed by atoms with Crippen molar-refractivity contribution in [2.75, 3.05) is 6.61 Å². The normalized spacial score (nSPS) is 20.4. The maximum Gasteiger partial charge on any atom is 0.408 e. The lowest BCUT2D eigenvalue weighted by Gasteiger charge is -2.31. The van der Waals surface area contributed by atoms with Crippen LogP contribution in [0.4, 0.5) is 19.3 Å². The molecule has 1 saturated heterocycles. The number of carbonyl (C=O) groups is 1. The summed E-state index contributed by atoms with van der Waals surface area (Å²) in [5, 5.41) is 12.7. The summed E-state index contributed by atoms with van der Waals surface area (Å²) in [5.41, 5.74) is -0.411. The number of halogens is 4. The highest BCUT2D eigenvalue weighted by atomic mass is 79.9. The van der Waals surface area contributed by atoms with Crippen LogP contribution in [-0.2, 0) is 4.74 Å². The summed E-state index contributed by atoms with van der Waals surface area (Å²) in [4.78, 5) is 21.1. The van der Waals surface area contributed by atoms with Gasteiger partial charge in [0.15, 0.2) is 6.61 Å². The van der Waals surface area contributed by atoms with E-state index < -0.39 is 29.6 Å². The molecule has 1 heterocycles. The Morgan fingerprint density at radius 1 is 1.50 bits per heavy atom. The first-order valence-corrected chi connectivity index (χ1v) is 5.85. The lowest BCUT2D eigenvalue weighted by molar-refractivity contribution is -0.385. The van der Waals surface area contributed by atoms with E-state index in [1.54, 1.807) is 0 Å². The van der Waals surface area contributed by atoms with Gasteiger partial charge in [0, 0.05) is 6.07 Å². The Morgan fingerprint density at radius 3 is 2.75 bits per heavy atom. The van der Waals surface area contributed by atoms with E-state index in [1.807, 2.05) is 5.32 Å². The predicted octanol–water partition coefficient (Wildman–Crippen LogP) is 3.20. The number of carbonyl (C=O) groups excluding carboxylic acids is 1. The minimum Gasteiger partial charge on any atom is -0.443 e. The third-order valence-electron chi connectivity index (χ3n) is 2.58. The molecule has 10 heteroatoms. The van der Waals surface area contributed by atoms with Crippen molar-refractivity contribution in [3.63, 3.8) is 0 Å². The fourth-order valence-corrected chi connectivity index (χ4v) is 2.08. The van der Waals surface area contributed by atoms with Gasteiger partial charge in [0.25, 0.3) is 5.69 Å². The van der Waals surface area contributed by atoms with Crippen molar-refractivity contribution < 1.29 is 23.2 Å². The molecule has 1 aromatic carbocycles. The first kappa shape index (κ1) is 16.6. The van der Waals surface area contributed by atoms with Gasteiger partial charge in [-0.2, -0.15) is 0 Å². The van der Waals surface area contributed by atoms with Crippen molar-refractivity contribution in [3.8, 4) is 0 Å². The maximum absolute atomic E-state index is 13.6. The van der Waals surface area contributed by atoms with Crippen LogP contribution in [0.15, 0.2) is 22.7 Å². The zero-order chi connectivity index (χ0) is 14.2. The Balaban J connectivity index is 0.00000200. The van der Waals surface area contributed by atoms with Crippen LogP contribution in [0.5, 0.6) is 0 Å². The molecular weight excluding hydrogens is 365 g/mol. The number of hydrogen-bond acceptors (Lipinski definition) is 4. The molecule has 1 aliphatic rings. The van der Waals surface area contributed by atoms with Crippen LogP contribution in [-0.4, -0.2) is 23.5 Å². The lowest BCUT2D eigenvalue weighted by Crippen LogP contribution is -2.49. The van der Waals surface area contributed by atoms with E-state index in [2.05, 4.69) is 20.7 Å². The van der Waals surface area contributed by atoms with Crippen LogP contribution in [0.3, 0.4) is 0 Å². The zero-order valence-corrected chi connectivity index (χ0v) is 12.0. The Hall–Kier alpha value is -1.48. The molecule has 1 aliphatic heterocycles. The molecule has 6 nitrogen and oxygen atoms in total. The standard InChI is InChI=1S/C10H7BrF2N2O4.ClH/c11-6-2-1-5(3-7(6)15(17)18)8-10(12,13)4-19-9(16)14-8;/h1-3,8H,4H2,(H,14,16);1H/t8-;/m1./s1. The van der Waals surface area contributed by atoms with E-state index in [9.17, 15) is 23.7 Å². The van der Waals surface area contributed by atoms with Crippen molar-refractivity contribution in [2.24, 2.45) is 0 Å². The van der Waals surface area contributed by atoms with E-state index in [1.165, 1.54) is 12.1 Å². The van der Waals surface area contributed by atoms with Gasteiger partial charge in [0.05, 0.1) is 9.40 Å². The summed E-state index contributed by atoms with van der Waals surface area (Å²) >= 11 is 2.95. The molecule has 0 bridgehead atoms. The van der Waals surface area contributed by atoms with Crippen LogP contribution in [0, 0.1) is 10.1 Å². The second-order valence-corrected chi connectivity index (χ2v) is 4.74. The van der Waals surface area contributed by atoms with E-state index in [0.29, 0.717) is 0 Å². The summed E-state index contributed by atoms with van der Waals surface area (Å²) in [6.45, 7) is -1.06. The number of benzene rings is 1. The molecule has 1 aromatic rings. The minimum absolute atomic E-state index is 0. The highest BCUT2D eigenvalue weighted by molar-refractivity contribution is 9.10. The quantitative estimate of drug-likeness (QED) is 0.637. The minimum atomic E-state index is -3.34. The van der Waals surface area contributed by atoms with Gasteiger partial charge in [-0.25, -0.2) is 13.6 Å². The number of rotatable bonds is 2. The number of nitrogens with zero attached hydrogens (tertiary/aromatic N) is 1. The van der Waals surface area contributed by atoms with E-state index in [4.69, 9.17) is 0 Å². The second kappa shape index (κ2) is 5.88. The van der Waals surface area contributed by atoms with E-state index in [0.717, 1.165) is 6.07 Å². The average molecular weight is 374 g/mol. The average Bonchev–Trinajstić information content (AvgIpc) is 2.33. The Bertz CT molecular complexity index is 558. The monoisotopic (exact) mass is 372 g/mol. The van der Waals surface area contributed by atoms with E-state index >= 15 is 0 Å². The molecule has 0 aromatic heterocycles. The van der Waals surface area contributed by atoms with E-state index in [-0.39, 0.29) is 28.1 Å². The van der Waals surface area contributed by atoms with Gasteiger partial charge in [-0.05, 0) is 27.6 Å². The smallest absolute Gasteiger partial charge is 0.408 e. The lowest BCUT2D eigenvalue weighted by atomic mass is 9.99. The summed E-state index contributed by atoms with van der Waals surface area (Å²) in [5.74, 6) is -3.34. The molecule has 1 N–H and O–H groups in total. The van der Waals surface area contributed by atoms with Crippen LogP contribution in [0.1, 0.15) is 11.6 Å². The van der Waals surface area contributed by atoms with Gasteiger partial charge in [0.2, 0.25) is 0 Å². The number of cyclic esters (lactones) is 1. The fourth-order valence-electron chi connectivity index (χ4n) is 1.69. The molecule has 0 radical (unpaired) electrons. The third kappa shape index (κ3) is 3.15. The van der Waals surface area contributed by atoms with Crippen molar-refractivity contribution in [3.05, 3.63) is 38.3 Å². The topological polar surface area (TPSA) is 81.5 Å². The Kier molecular flexibility index (Phi) is 4.87. The number of hydrogen-bond donors (Lipinski definition) is 1. The number of nitro benzene ring substituents is 1. The van der Waals surface area contributed by atoms with Crippen molar-refractivity contribution in [1.29, 1.82) is 0 Å². The number of nitrogens with one attached hydrogen (secondary N) is 1. The highest BCUT2D eigenvalue weighted by Gasteiger charge is 2.47. The van der Waals surface area contributed by atoms with Crippen LogP contribution >= 0.6 is 28.3 Å². The van der Waals surface area contributed by atoms with Crippen LogP contribution in [0.25, 0.3) is 0 Å². The molecule has 0 spiro atoms. The third-order valence-corrected chi connectivity index (χ3v) is 3.25. The fraction of sp³-hybridized carbons (Fsp3) is 0.300. The first-order chi connectivity index (χ1) is 8.81. The van der Waals surface area contributed by atoms with Crippen LogP contribution < -0.4 is 5.32 Å². The number of amides is 1. The summed E-state index contributed by atoms with van der Waals surface area (Å²) in [7, 11) is 0. The highest BCUT2D eigenvalue weighted by Crippen LogP contribution is 2.37. The zero-order valence-electron chi connectivity index (χ0n) is 9.64.